The number of benzene rings is 3. The molecule has 0 aromatic heterocycles. The van der Waals surface area contributed by atoms with E-state index < -0.39 is 0 Å². The second-order valence-corrected chi connectivity index (χ2v) is 9.52. The van der Waals surface area contributed by atoms with Crippen LogP contribution in [0.15, 0.2) is 78.4 Å². The van der Waals surface area contributed by atoms with Crippen LogP contribution in [0.25, 0.3) is 23.3 Å². The van der Waals surface area contributed by atoms with Crippen molar-refractivity contribution in [1.82, 2.24) is 0 Å². The van der Waals surface area contributed by atoms with Crippen LogP contribution in [0.1, 0.15) is 67.3 Å². The molecular formula is C29H28. The Morgan fingerprint density at radius 2 is 1.48 bits per heavy atom. The summed E-state index contributed by atoms with van der Waals surface area (Å²) in [7, 11) is 0. The summed E-state index contributed by atoms with van der Waals surface area (Å²) in [5.41, 5.74) is 11.4. The van der Waals surface area contributed by atoms with Gasteiger partial charge in [-0.2, -0.15) is 0 Å². The Hall–Kier alpha value is -2.86. The smallest absolute Gasteiger partial charge is 0.0159 e. The molecule has 0 heterocycles. The Bertz CT molecular complexity index is 1130. The van der Waals surface area contributed by atoms with Crippen molar-refractivity contribution in [2.75, 3.05) is 0 Å². The highest BCUT2D eigenvalue weighted by Gasteiger charge is 2.33. The van der Waals surface area contributed by atoms with Gasteiger partial charge in [0.05, 0.1) is 0 Å². The molecular weight excluding hydrogens is 348 g/mol. The maximum Gasteiger partial charge on any atom is 0.0159 e. The van der Waals surface area contributed by atoms with Crippen molar-refractivity contribution in [1.29, 1.82) is 0 Å². The van der Waals surface area contributed by atoms with Crippen LogP contribution in [0.2, 0.25) is 0 Å². The van der Waals surface area contributed by atoms with Crippen LogP contribution in [-0.2, 0) is 5.41 Å². The van der Waals surface area contributed by atoms with E-state index in [0.29, 0.717) is 11.8 Å². The van der Waals surface area contributed by atoms with Crippen LogP contribution >= 0.6 is 0 Å². The van der Waals surface area contributed by atoms with Crippen LogP contribution in [0, 0.1) is 0 Å². The fourth-order valence-corrected chi connectivity index (χ4v) is 5.02. The highest BCUT2D eigenvalue weighted by molar-refractivity contribution is 5.83. The molecule has 0 aliphatic heterocycles. The second-order valence-electron chi connectivity index (χ2n) is 9.52. The second kappa shape index (κ2) is 6.59. The lowest BCUT2D eigenvalue weighted by Crippen LogP contribution is -2.10. The summed E-state index contributed by atoms with van der Waals surface area (Å²) in [5, 5.41) is 0. The van der Waals surface area contributed by atoms with Gasteiger partial charge in [0.1, 0.15) is 0 Å². The summed E-state index contributed by atoms with van der Waals surface area (Å²) in [4.78, 5) is 0. The van der Waals surface area contributed by atoms with E-state index in [2.05, 4.69) is 113 Å². The lowest BCUT2D eigenvalue weighted by Gasteiger charge is -2.23. The SMILES string of the molecule is CC1=Cc2c(-c3ccc(C(C)(C)C)cc3)cccc2C1C1C=Cc2ccccc21. The van der Waals surface area contributed by atoms with Gasteiger partial charge in [-0.1, -0.05) is 111 Å². The van der Waals surface area contributed by atoms with E-state index in [1.807, 2.05) is 0 Å². The molecule has 0 N–H and O–H groups in total. The lowest BCUT2D eigenvalue weighted by atomic mass is 9.80. The zero-order valence-electron chi connectivity index (χ0n) is 17.7. The minimum absolute atomic E-state index is 0.181. The van der Waals surface area contributed by atoms with E-state index in [9.17, 15) is 0 Å². The number of fused-ring (bicyclic) bond motifs is 2. The van der Waals surface area contributed by atoms with Crippen molar-refractivity contribution in [3.05, 3.63) is 106 Å². The van der Waals surface area contributed by atoms with Gasteiger partial charge < -0.3 is 0 Å². The van der Waals surface area contributed by atoms with E-state index in [1.54, 1.807) is 0 Å². The third kappa shape index (κ3) is 2.99. The summed E-state index contributed by atoms with van der Waals surface area (Å²) in [5.74, 6) is 0.862. The van der Waals surface area contributed by atoms with Crippen molar-refractivity contribution in [3.63, 3.8) is 0 Å². The molecule has 0 saturated carbocycles. The van der Waals surface area contributed by atoms with Crippen molar-refractivity contribution in [2.45, 2.75) is 44.9 Å². The maximum absolute atomic E-state index is 2.42. The largest absolute Gasteiger partial charge is 0.0754 e. The molecule has 0 bridgehead atoms. The van der Waals surface area contributed by atoms with Crippen LogP contribution < -0.4 is 0 Å². The minimum atomic E-state index is 0.181. The normalized spacial score (nSPS) is 19.8. The summed E-state index contributed by atoms with van der Waals surface area (Å²) < 4.78 is 0. The van der Waals surface area contributed by atoms with Gasteiger partial charge in [0.15, 0.2) is 0 Å². The Morgan fingerprint density at radius 1 is 0.759 bits per heavy atom. The van der Waals surface area contributed by atoms with E-state index >= 15 is 0 Å². The average molecular weight is 377 g/mol. The van der Waals surface area contributed by atoms with Gasteiger partial charge in [-0.25, -0.2) is 0 Å². The van der Waals surface area contributed by atoms with Crippen molar-refractivity contribution < 1.29 is 0 Å². The molecule has 0 saturated heterocycles. The fourth-order valence-electron chi connectivity index (χ4n) is 5.02. The Kier molecular flexibility index (Phi) is 4.13. The third-order valence-corrected chi connectivity index (χ3v) is 6.60. The van der Waals surface area contributed by atoms with Gasteiger partial charge in [-0.3, -0.25) is 0 Å². The van der Waals surface area contributed by atoms with Gasteiger partial charge in [-0.05, 0) is 51.3 Å². The standard InChI is InChI=1S/C29H28/c1-19-18-27-24(21-12-15-22(16-13-21)29(2,3)4)10-7-11-25(27)28(19)26-17-14-20-8-5-6-9-23(20)26/h5-18,26,28H,1-4H3. The van der Waals surface area contributed by atoms with Crippen LogP contribution in [-0.4, -0.2) is 0 Å². The molecule has 2 unspecified atom stereocenters. The predicted octanol–water partition coefficient (Wildman–Crippen LogP) is 7.96. The maximum atomic E-state index is 2.42. The predicted molar refractivity (Wildman–Crippen MR) is 125 cm³/mol. The zero-order chi connectivity index (χ0) is 20.2. The van der Waals surface area contributed by atoms with Gasteiger partial charge in [0.2, 0.25) is 0 Å². The monoisotopic (exact) mass is 376 g/mol. The van der Waals surface area contributed by atoms with E-state index in [4.69, 9.17) is 0 Å². The summed E-state index contributed by atoms with van der Waals surface area (Å²) in [6, 6.07) is 24.8. The van der Waals surface area contributed by atoms with Crippen molar-refractivity contribution >= 4 is 12.2 Å². The summed E-state index contributed by atoms with van der Waals surface area (Å²) >= 11 is 0. The first kappa shape index (κ1) is 18.2. The third-order valence-electron chi connectivity index (χ3n) is 6.60. The molecule has 2 atom stereocenters. The number of hydrogen-bond donors (Lipinski definition) is 0. The Labute approximate surface area is 174 Å². The average Bonchev–Trinajstić information content (AvgIpc) is 3.27. The van der Waals surface area contributed by atoms with Crippen molar-refractivity contribution in [2.24, 2.45) is 0 Å². The molecule has 0 amide bonds. The molecule has 0 nitrogen and oxygen atoms in total. The van der Waals surface area contributed by atoms with Crippen LogP contribution in [0.3, 0.4) is 0 Å². The molecule has 0 spiro atoms. The lowest BCUT2D eigenvalue weighted by molar-refractivity contribution is 0.590. The number of allylic oxidation sites excluding steroid dienone is 2. The topological polar surface area (TPSA) is 0 Å². The minimum Gasteiger partial charge on any atom is -0.0754 e. The molecule has 0 fully saturated rings. The number of hydrogen-bond acceptors (Lipinski definition) is 0. The molecule has 0 heteroatoms. The molecule has 3 aromatic carbocycles. The highest BCUT2D eigenvalue weighted by Crippen LogP contribution is 2.50. The molecule has 0 radical (unpaired) electrons. The fraction of sp³-hybridized carbons (Fsp3) is 0.241. The quantitative estimate of drug-likeness (QED) is 0.425. The Balaban J connectivity index is 1.57. The van der Waals surface area contributed by atoms with E-state index in [-0.39, 0.29) is 5.41 Å². The van der Waals surface area contributed by atoms with Gasteiger partial charge in [-0.15, -0.1) is 0 Å². The van der Waals surface area contributed by atoms with Gasteiger partial charge in [0.25, 0.3) is 0 Å². The van der Waals surface area contributed by atoms with E-state index in [0.717, 1.165) is 0 Å². The first-order chi connectivity index (χ1) is 13.9. The van der Waals surface area contributed by atoms with Crippen molar-refractivity contribution in [3.8, 4) is 11.1 Å². The van der Waals surface area contributed by atoms with E-state index in [1.165, 1.54) is 44.5 Å². The summed E-state index contributed by atoms with van der Waals surface area (Å²) in [6.07, 6.45) is 7.11. The highest BCUT2D eigenvalue weighted by atomic mass is 14.4. The summed E-state index contributed by atoms with van der Waals surface area (Å²) in [6.45, 7) is 9.11. The van der Waals surface area contributed by atoms with Gasteiger partial charge >= 0.3 is 0 Å². The molecule has 144 valence electrons. The van der Waals surface area contributed by atoms with Crippen LogP contribution in [0.4, 0.5) is 0 Å². The molecule has 29 heavy (non-hydrogen) atoms. The molecule has 2 aliphatic carbocycles. The Morgan fingerprint density at radius 3 is 2.24 bits per heavy atom. The van der Waals surface area contributed by atoms with Crippen LogP contribution in [0.5, 0.6) is 0 Å². The number of rotatable bonds is 2. The van der Waals surface area contributed by atoms with Gasteiger partial charge in [0, 0.05) is 11.8 Å². The molecule has 5 rings (SSSR count). The molecule has 2 aliphatic rings. The molecule has 3 aromatic rings. The first-order valence-electron chi connectivity index (χ1n) is 10.6. The zero-order valence-corrected chi connectivity index (χ0v) is 17.7. The first-order valence-corrected chi connectivity index (χ1v) is 10.6.